The maximum atomic E-state index is 13.7. The number of ether oxygens (including phenoxy) is 1. The summed E-state index contributed by atoms with van der Waals surface area (Å²) in [5.74, 6) is -0.769. The predicted molar refractivity (Wildman–Crippen MR) is 109 cm³/mol. The molecule has 0 aromatic heterocycles. The Kier molecular flexibility index (Phi) is 8.93. The number of likely N-dealkylation sites (tertiary alicyclic amines) is 1. The van der Waals surface area contributed by atoms with Crippen LogP contribution in [0.4, 0.5) is 23.2 Å². The summed E-state index contributed by atoms with van der Waals surface area (Å²) < 4.78 is 56.0. The maximum Gasteiger partial charge on any atom is 0.422 e. The van der Waals surface area contributed by atoms with Crippen LogP contribution in [-0.2, 0) is 9.59 Å². The van der Waals surface area contributed by atoms with Crippen LogP contribution in [0, 0.1) is 5.82 Å². The molecule has 0 aliphatic carbocycles. The van der Waals surface area contributed by atoms with Gasteiger partial charge in [0.1, 0.15) is 11.6 Å². The molecule has 0 spiro atoms. The Morgan fingerprint density at radius 1 is 0.968 bits per heavy atom. The van der Waals surface area contributed by atoms with Gasteiger partial charge in [0, 0.05) is 51.6 Å². The molecule has 0 bridgehead atoms. The number of piperazine rings is 1. The first-order valence-electron chi connectivity index (χ1n) is 10.0. The van der Waals surface area contributed by atoms with Gasteiger partial charge in [-0.3, -0.25) is 19.4 Å². The van der Waals surface area contributed by atoms with E-state index in [1.807, 2.05) is 4.90 Å². The lowest BCUT2D eigenvalue weighted by molar-refractivity contribution is -0.153. The van der Waals surface area contributed by atoms with E-state index >= 15 is 0 Å². The number of imide groups is 1. The maximum absolute atomic E-state index is 13.7. The largest absolute Gasteiger partial charge is 0.482 e. The van der Waals surface area contributed by atoms with E-state index in [4.69, 9.17) is 4.74 Å². The Bertz CT molecular complexity index is 755. The summed E-state index contributed by atoms with van der Waals surface area (Å²) in [5, 5.41) is 0. The highest BCUT2D eigenvalue weighted by molar-refractivity contribution is 5.97. The van der Waals surface area contributed by atoms with Gasteiger partial charge in [-0.1, -0.05) is 0 Å². The fourth-order valence-electron chi connectivity index (χ4n) is 3.73. The van der Waals surface area contributed by atoms with Crippen LogP contribution >= 0.6 is 12.4 Å². The number of piperidine rings is 1. The summed E-state index contributed by atoms with van der Waals surface area (Å²) in [6, 6.07) is 3.49. The van der Waals surface area contributed by atoms with E-state index in [-0.39, 0.29) is 30.0 Å². The van der Waals surface area contributed by atoms with Crippen molar-refractivity contribution in [3.8, 4) is 5.75 Å². The molecule has 1 aromatic carbocycles. The van der Waals surface area contributed by atoms with Gasteiger partial charge in [-0.25, -0.2) is 4.39 Å². The smallest absolute Gasteiger partial charge is 0.422 e. The van der Waals surface area contributed by atoms with Crippen LogP contribution in [0.5, 0.6) is 5.75 Å². The number of alkyl halides is 3. The molecule has 0 unspecified atom stereocenters. The summed E-state index contributed by atoms with van der Waals surface area (Å²) in [6.07, 6.45) is -2.36. The van der Waals surface area contributed by atoms with Crippen molar-refractivity contribution in [3.05, 3.63) is 24.0 Å². The van der Waals surface area contributed by atoms with Gasteiger partial charge in [-0.15, -0.1) is 12.4 Å². The monoisotopic (exact) mass is 467 g/mol. The summed E-state index contributed by atoms with van der Waals surface area (Å²) >= 11 is 0. The van der Waals surface area contributed by atoms with Crippen molar-refractivity contribution in [3.63, 3.8) is 0 Å². The zero-order valence-electron chi connectivity index (χ0n) is 17.0. The Labute approximate surface area is 184 Å². The summed E-state index contributed by atoms with van der Waals surface area (Å²) in [7, 11) is 0. The number of rotatable bonds is 7. The van der Waals surface area contributed by atoms with Crippen molar-refractivity contribution >= 4 is 29.9 Å². The molecule has 0 radical (unpaired) electrons. The van der Waals surface area contributed by atoms with Crippen LogP contribution in [0.1, 0.15) is 25.7 Å². The van der Waals surface area contributed by atoms with Gasteiger partial charge in [-0.2, -0.15) is 13.2 Å². The van der Waals surface area contributed by atoms with Crippen molar-refractivity contribution in [1.82, 2.24) is 9.80 Å². The van der Waals surface area contributed by atoms with Crippen LogP contribution in [0.3, 0.4) is 0 Å². The number of carbonyl (C=O) groups excluding carboxylic acids is 2. The van der Waals surface area contributed by atoms with Crippen molar-refractivity contribution < 1.29 is 31.9 Å². The Morgan fingerprint density at radius 2 is 1.61 bits per heavy atom. The van der Waals surface area contributed by atoms with Gasteiger partial charge in [-0.05, 0) is 31.5 Å². The molecule has 2 fully saturated rings. The Balaban J connectivity index is 0.00000341. The fraction of sp³-hybridized carbons (Fsp3) is 0.600. The zero-order valence-corrected chi connectivity index (χ0v) is 17.8. The summed E-state index contributed by atoms with van der Waals surface area (Å²) in [4.78, 5) is 29.0. The van der Waals surface area contributed by atoms with Gasteiger partial charge < -0.3 is 9.64 Å². The first kappa shape index (κ1) is 25.2. The zero-order chi connectivity index (χ0) is 21.7. The average molecular weight is 468 g/mol. The minimum Gasteiger partial charge on any atom is -0.482 e. The van der Waals surface area contributed by atoms with Crippen LogP contribution in [0.15, 0.2) is 18.2 Å². The highest BCUT2D eigenvalue weighted by Gasteiger charge is 2.30. The van der Waals surface area contributed by atoms with E-state index in [0.29, 0.717) is 70.6 Å². The molecule has 6 nitrogen and oxygen atoms in total. The predicted octanol–water partition coefficient (Wildman–Crippen LogP) is 3.24. The fourth-order valence-corrected chi connectivity index (χ4v) is 3.73. The van der Waals surface area contributed by atoms with Crippen LogP contribution in [-0.4, -0.2) is 73.7 Å². The lowest BCUT2D eigenvalue weighted by Crippen LogP contribution is -2.47. The first-order valence-corrected chi connectivity index (χ1v) is 10.0. The molecular weight excluding hydrogens is 442 g/mol. The molecule has 2 saturated heterocycles. The minimum atomic E-state index is -4.47. The number of amides is 2. The van der Waals surface area contributed by atoms with E-state index in [9.17, 15) is 27.2 Å². The quantitative estimate of drug-likeness (QED) is 0.455. The Hall–Kier alpha value is -2.07. The highest BCUT2D eigenvalue weighted by Crippen LogP contribution is 2.31. The van der Waals surface area contributed by atoms with Gasteiger partial charge in [0.05, 0.1) is 5.69 Å². The summed E-state index contributed by atoms with van der Waals surface area (Å²) in [5.41, 5.74) is 0.309. The SMILES string of the molecule is Cl.O=C1CCCC(=O)N1CCCN1CCN(c2cc(F)ccc2OCC(F)(F)F)CC1. The van der Waals surface area contributed by atoms with E-state index in [1.165, 1.54) is 17.0 Å². The number of nitrogens with zero attached hydrogens (tertiary/aromatic N) is 3. The number of halogens is 5. The second-order valence-corrected chi connectivity index (χ2v) is 7.49. The third-order valence-corrected chi connectivity index (χ3v) is 5.26. The number of hydrogen-bond acceptors (Lipinski definition) is 5. The van der Waals surface area contributed by atoms with Gasteiger partial charge in [0.25, 0.3) is 0 Å². The molecule has 11 heteroatoms. The van der Waals surface area contributed by atoms with Crippen molar-refractivity contribution in [2.45, 2.75) is 31.9 Å². The van der Waals surface area contributed by atoms with Gasteiger partial charge in [0.15, 0.2) is 6.61 Å². The molecule has 31 heavy (non-hydrogen) atoms. The topological polar surface area (TPSA) is 53.1 Å². The lowest BCUT2D eigenvalue weighted by atomic mass is 10.1. The van der Waals surface area contributed by atoms with Crippen LogP contribution in [0.25, 0.3) is 0 Å². The number of hydrogen-bond donors (Lipinski definition) is 0. The van der Waals surface area contributed by atoms with E-state index in [2.05, 4.69) is 4.90 Å². The molecule has 2 aliphatic heterocycles. The average Bonchev–Trinajstić information content (AvgIpc) is 2.69. The molecule has 2 aliphatic rings. The van der Waals surface area contributed by atoms with Crippen molar-refractivity contribution in [2.24, 2.45) is 0 Å². The van der Waals surface area contributed by atoms with E-state index in [0.717, 1.165) is 6.07 Å². The molecule has 0 saturated carbocycles. The normalized spacial score (nSPS) is 18.2. The molecule has 2 amide bonds. The van der Waals surface area contributed by atoms with Crippen molar-refractivity contribution in [2.75, 3.05) is 50.8 Å². The second kappa shape index (κ2) is 11.0. The van der Waals surface area contributed by atoms with Crippen molar-refractivity contribution in [1.29, 1.82) is 0 Å². The number of carbonyl (C=O) groups is 2. The third kappa shape index (κ3) is 7.24. The van der Waals surface area contributed by atoms with Crippen LogP contribution in [0.2, 0.25) is 0 Å². The van der Waals surface area contributed by atoms with E-state index in [1.54, 1.807) is 0 Å². The van der Waals surface area contributed by atoms with Gasteiger partial charge >= 0.3 is 6.18 Å². The number of anilines is 1. The molecule has 2 heterocycles. The lowest BCUT2D eigenvalue weighted by Gasteiger charge is -2.37. The third-order valence-electron chi connectivity index (χ3n) is 5.26. The molecular formula is C20H26ClF4N3O3. The molecule has 174 valence electrons. The standard InChI is InChI=1S/C20H25F4N3O3.ClH/c21-15-5-6-17(30-14-20(22,23)24)16(13-15)26-11-9-25(10-12-26)7-2-8-27-18(28)3-1-4-19(27)29;/h5-6,13H,1-4,7-12,14H2;1H. The number of benzene rings is 1. The highest BCUT2D eigenvalue weighted by atomic mass is 35.5. The first-order chi connectivity index (χ1) is 14.2. The minimum absolute atomic E-state index is 0. The van der Waals surface area contributed by atoms with Gasteiger partial charge in [0.2, 0.25) is 11.8 Å². The van der Waals surface area contributed by atoms with E-state index < -0.39 is 18.6 Å². The van der Waals surface area contributed by atoms with Crippen LogP contribution < -0.4 is 9.64 Å². The molecule has 0 atom stereocenters. The molecule has 3 rings (SSSR count). The summed E-state index contributed by atoms with van der Waals surface area (Å²) in [6.45, 7) is 1.96. The Morgan fingerprint density at radius 3 is 2.23 bits per heavy atom. The molecule has 0 N–H and O–H groups in total. The molecule has 1 aromatic rings. The second-order valence-electron chi connectivity index (χ2n) is 7.49.